The van der Waals surface area contributed by atoms with Crippen molar-refractivity contribution in [3.8, 4) is 5.75 Å². The molecule has 0 aliphatic rings. The fraction of sp³-hybridized carbons (Fsp3) is 0.391. The first-order valence-corrected chi connectivity index (χ1v) is 10.1. The maximum absolute atomic E-state index is 13.3. The van der Waals surface area contributed by atoms with Crippen molar-refractivity contribution >= 4 is 11.8 Å². The monoisotopic (exact) mass is 418 g/mol. The number of amides is 2. The summed E-state index contributed by atoms with van der Waals surface area (Å²) < 4.78 is 31.8. The Balaban J connectivity index is 2.19. The molecule has 2 aromatic rings. The number of hydrogen-bond acceptors (Lipinski definition) is 3. The maximum Gasteiger partial charge on any atom is 0.261 e. The Hall–Kier alpha value is -2.96. The van der Waals surface area contributed by atoms with Crippen LogP contribution in [0, 0.1) is 11.6 Å². The fourth-order valence-corrected chi connectivity index (χ4v) is 2.91. The van der Waals surface area contributed by atoms with Crippen molar-refractivity contribution in [1.82, 2.24) is 10.2 Å². The number of hydrogen-bond donors (Lipinski definition) is 1. The van der Waals surface area contributed by atoms with Crippen LogP contribution in [0.1, 0.15) is 39.2 Å². The SMILES string of the molecule is CC[C@@H](C)NC(=O)[C@H](CC)N(Cc1ccc(F)cc1)C(=O)COc1ccc(F)cc1. The third-order valence-corrected chi connectivity index (χ3v) is 4.83. The minimum atomic E-state index is -0.701. The number of benzene rings is 2. The van der Waals surface area contributed by atoms with Crippen LogP contribution < -0.4 is 10.1 Å². The first-order valence-electron chi connectivity index (χ1n) is 10.1. The Morgan fingerprint density at radius 1 is 0.967 bits per heavy atom. The number of nitrogens with one attached hydrogen (secondary N) is 1. The standard InChI is InChI=1S/C23H28F2N2O3/c1-4-16(3)26-23(29)21(5-2)27(14-17-6-8-18(24)9-7-17)22(28)15-30-20-12-10-19(25)11-13-20/h6-13,16,21H,4-5,14-15H2,1-3H3,(H,26,29)/t16-,21+/m1/s1. The van der Waals surface area contributed by atoms with E-state index in [4.69, 9.17) is 4.74 Å². The third kappa shape index (κ3) is 6.83. The van der Waals surface area contributed by atoms with Gasteiger partial charge in [0, 0.05) is 12.6 Å². The fourth-order valence-electron chi connectivity index (χ4n) is 2.91. The minimum Gasteiger partial charge on any atom is -0.484 e. The highest BCUT2D eigenvalue weighted by molar-refractivity contribution is 5.88. The molecular weight excluding hydrogens is 390 g/mol. The molecule has 0 aliphatic carbocycles. The number of carbonyl (C=O) groups excluding carboxylic acids is 2. The molecule has 0 saturated carbocycles. The van der Waals surface area contributed by atoms with Gasteiger partial charge >= 0.3 is 0 Å². The molecule has 0 saturated heterocycles. The van der Waals surface area contributed by atoms with Crippen LogP contribution in [0.15, 0.2) is 48.5 Å². The Labute approximate surface area is 176 Å². The van der Waals surface area contributed by atoms with Crippen LogP contribution in [0.3, 0.4) is 0 Å². The molecule has 30 heavy (non-hydrogen) atoms. The predicted octanol–water partition coefficient (Wildman–Crippen LogP) is 4.07. The Kier molecular flexibility index (Phi) is 8.77. The molecule has 2 atom stereocenters. The quantitative estimate of drug-likeness (QED) is 0.633. The van der Waals surface area contributed by atoms with E-state index in [0.29, 0.717) is 17.7 Å². The van der Waals surface area contributed by atoms with Gasteiger partial charge in [0.15, 0.2) is 6.61 Å². The van der Waals surface area contributed by atoms with Crippen LogP contribution in [0.4, 0.5) is 8.78 Å². The van der Waals surface area contributed by atoms with E-state index in [2.05, 4.69) is 5.32 Å². The van der Waals surface area contributed by atoms with Gasteiger partial charge in [-0.3, -0.25) is 9.59 Å². The summed E-state index contributed by atoms with van der Waals surface area (Å²) in [5.74, 6) is -1.07. The average Bonchev–Trinajstić information content (AvgIpc) is 2.74. The number of rotatable bonds is 10. The van der Waals surface area contributed by atoms with E-state index in [1.54, 1.807) is 12.1 Å². The largest absolute Gasteiger partial charge is 0.484 e. The normalized spacial score (nSPS) is 12.7. The van der Waals surface area contributed by atoms with Gasteiger partial charge < -0.3 is 15.0 Å². The number of halogens is 2. The Bertz CT molecular complexity index is 825. The van der Waals surface area contributed by atoms with Gasteiger partial charge in [0.05, 0.1) is 0 Å². The summed E-state index contributed by atoms with van der Waals surface area (Å²) in [5, 5.41) is 2.92. The highest BCUT2D eigenvalue weighted by Gasteiger charge is 2.29. The van der Waals surface area contributed by atoms with Gasteiger partial charge in [0.1, 0.15) is 23.4 Å². The summed E-state index contributed by atoms with van der Waals surface area (Å²) in [6, 6.07) is 10.4. The molecule has 0 fully saturated rings. The molecule has 1 N–H and O–H groups in total. The molecule has 0 aliphatic heterocycles. The first kappa shape index (κ1) is 23.3. The van der Waals surface area contributed by atoms with Gasteiger partial charge in [-0.2, -0.15) is 0 Å². The van der Waals surface area contributed by atoms with Crippen LogP contribution in [0.2, 0.25) is 0 Å². The second-order valence-electron chi connectivity index (χ2n) is 7.13. The topological polar surface area (TPSA) is 58.6 Å². The summed E-state index contributed by atoms with van der Waals surface area (Å²) in [6.07, 6.45) is 1.17. The number of carbonyl (C=O) groups is 2. The molecule has 2 aromatic carbocycles. The molecule has 2 rings (SSSR count). The van der Waals surface area contributed by atoms with Gasteiger partial charge in [0.2, 0.25) is 5.91 Å². The summed E-state index contributed by atoms with van der Waals surface area (Å²) in [4.78, 5) is 27.2. The summed E-state index contributed by atoms with van der Waals surface area (Å²) >= 11 is 0. The lowest BCUT2D eigenvalue weighted by Crippen LogP contribution is -2.51. The highest BCUT2D eigenvalue weighted by Crippen LogP contribution is 2.16. The third-order valence-electron chi connectivity index (χ3n) is 4.83. The molecule has 0 spiro atoms. The van der Waals surface area contributed by atoms with E-state index in [0.717, 1.165) is 6.42 Å². The van der Waals surface area contributed by atoms with Crippen molar-refractivity contribution in [3.63, 3.8) is 0 Å². The molecule has 0 heterocycles. The van der Waals surface area contributed by atoms with Crippen LogP contribution >= 0.6 is 0 Å². The number of nitrogens with zero attached hydrogens (tertiary/aromatic N) is 1. The van der Waals surface area contributed by atoms with Gasteiger partial charge in [-0.1, -0.05) is 26.0 Å². The van der Waals surface area contributed by atoms with Gasteiger partial charge in [-0.25, -0.2) is 8.78 Å². The average molecular weight is 418 g/mol. The summed E-state index contributed by atoms with van der Waals surface area (Å²) in [7, 11) is 0. The van der Waals surface area contributed by atoms with Crippen LogP contribution in [0.5, 0.6) is 5.75 Å². The molecule has 0 aromatic heterocycles. The lowest BCUT2D eigenvalue weighted by molar-refractivity contribution is -0.143. The summed E-state index contributed by atoms with van der Waals surface area (Å²) in [5.41, 5.74) is 0.696. The molecule has 7 heteroatoms. The van der Waals surface area contributed by atoms with E-state index in [9.17, 15) is 18.4 Å². The zero-order chi connectivity index (χ0) is 22.1. The lowest BCUT2D eigenvalue weighted by Gasteiger charge is -2.31. The predicted molar refractivity (Wildman–Crippen MR) is 111 cm³/mol. The van der Waals surface area contributed by atoms with Crippen LogP contribution in [0.25, 0.3) is 0 Å². The van der Waals surface area contributed by atoms with E-state index >= 15 is 0 Å². The van der Waals surface area contributed by atoms with Crippen molar-refractivity contribution in [1.29, 1.82) is 0 Å². The zero-order valence-corrected chi connectivity index (χ0v) is 17.5. The minimum absolute atomic E-state index is 0.0233. The van der Waals surface area contributed by atoms with E-state index in [1.807, 2.05) is 20.8 Å². The second kappa shape index (κ2) is 11.3. The Morgan fingerprint density at radius 3 is 2.07 bits per heavy atom. The summed E-state index contributed by atoms with van der Waals surface area (Å²) in [6.45, 7) is 5.52. The van der Waals surface area contributed by atoms with Crippen molar-refractivity contribution in [2.45, 2.75) is 52.2 Å². The molecule has 0 radical (unpaired) electrons. The van der Waals surface area contributed by atoms with Crippen molar-refractivity contribution in [3.05, 3.63) is 65.7 Å². The second-order valence-corrected chi connectivity index (χ2v) is 7.13. The number of ether oxygens (including phenoxy) is 1. The van der Waals surface area contributed by atoms with Gasteiger partial charge in [-0.15, -0.1) is 0 Å². The first-order chi connectivity index (χ1) is 14.3. The molecule has 0 bridgehead atoms. The molecule has 5 nitrogen and oxygen atoms in total. The molecule has 162 valence electrons. The van der Waals surface area contributed by atoms with Crippen molar-refractivity contribution in [2.24, 2.45) is 0 Å². The van der Waals surface area contributed by atoms with Crippen molar-refractivity contribution < 1.29 is 23.1 Å². The van der Waals surface area contributed by atoms with E-state index in [1.165, 1.54) is 41.3 Å². The lowest BCUT2D eigenvalue weighted by atomic mass is 10.1. The van der Waals surface area contributed by atoms with Gasteiger partial charge in [-0.05, 0) is 61.7 Å². The molecular formula is C23H28F2N2O3. The molecule has 2 amide bonds. The van der Waals surface area contributed by atoms with E-state index < -0.39 is 17.8 Å². The van der Waals surface area contributed by atoms with Crippen LogP contribution in [-0.2, 0) is 16.1 Å². The van der Waals surface area contributed by atoms with Crippen molar-refractivity contribution in [2.75, 3.05) is 6.61 Å². The smallest absolute Gasteiger partial charge is 0.261 e. The zero-order valence-electron chi connectivity index (χ0n) is 17.5. The maximum atomic E-state index is 13.3. The highest BCUT2D eigenvalue weighted by atomic mass is 19.1. The van der Waals surface area contributed by atoms with Crippen LogP contribution in [-0.4, -0.2) is 35.4 Å². The van der Waals surface area contributed by atoms with E-state index in [-0.39, 0.29) is 30.9 Å². The Morgan fingerprint density at radius 2 is 1.53 bits per heavy atom. The van der Waals surface area contributed by atoms with Gasteiger partial charge in [0.25, 0.3) is 5.91 Å². The molecule has 0 unspecified atom stereocenters.